The van der Waals surface area contributed by atoms with Gasteiger partial charge in [-0.25, -0.2) is 4.79 Å². The number of esters is 1. The molecule has 0 aromatic rings. The maximum absolute atomic E-state index is 12.2. The highest BCUT2D eigenvalue weighted by Crippen LogP contribution is 2.49. The second-order valence-corrected chi connectivity index (χ2v) is 7.71. The number of carbonyl (C=O) groups is 1. The van der Waals surface area contributed by atoms with Crippen LogP contribution in [0.2, 0.25) is 0 Å². The van der Waals surface area contributed by atoms with Crippen molar-refractivity contribution in [3.63, 3.8) is 0 Å². The number of carbonyl (C=O) groups excluding carboxylic acids is 1. The van der Waals surface area contributed by atoms with Crippen LogP contribution in [0.25, 0.3) is 0 Å². The van der Waals surface area contributed by atoms with Gasteiger partial charge >= 0.3 is 5.97 Å². The molecule has 1 aliphatic rings. The fourth-order valence-electron chi connectivity index (χ4n) is 3.50. The highest BCUT2D eigenvalue weighted by atomic mass is 16.5. The Bertz CT molecular complexity index is 548. The minimum atomic E-state index is -0.911. The quantitative estimate of drug-likeness (QED) is 0.335. The number of allylic oxidation sites excluding steroid dienone is 4. The molecule has 24 heavy (non-hydrogen) atoms. The van der Waals surface area contributed by atoms with Crippen molar-refractivity contribution in [3.05, 3.63) is 48.6 Å². The summed E-state index contributed by atoms with van der Waals surface area (Å²) in [7, 11) is 1.41. The van der Waals surface area contributed by atoms with Gasteiger partial charge in [-0.2, -0.15) is 0 Å². The third-order valence-corrected chi connectivity index (χ3v) is 5.05. The van der Waals surface area contributed by atoms with Crippen molar-refractivity contribution in [1.82, 2.24) is 0 Å². The zero-order valence-electron chi connectivity index (χ0n) is 15.8. The molecule has 0 bridgehead atoms. The van der Waals surface area contributed by atoms with Crippen molar-refractivity contribution in [1.29, 1.82) is 0 Å². The average molecular weight is 332 g/mol. The summed E-state index contributed by atoms with van der Waals surface area (Å²) in [5, 5.41) is 9.80. The second-order valence-electron chi connectivity index (χ2n) is 7.71. The second kappa shape index (κ2) is 7.98. The molecule has 0 heterocycles. The maximum atomic E-state index is 12.2. The molecule has 3 nitrogen and oxygen atoms in total. The number of rotatable bonds is 6. The van der Waals surface area contributed by atoms with Gasteiger partial charge in [0.2, 0.25) is 0 Å². The van der Waals surface area contributed by atoms with E-state index in [1.54, 1.807) is 32.1 Å². The standard InChI is InChI=1S/C21H32O3/c1-8-21(6)13-11-16(14-18(21)15(2)3)17(19(22)24-7)10-9-12-20(4,5)23/h8-10,12,16,18,23H,1-2,11,13-14H2,3-7H3. The molecule has 3 heteroatoms. The van der Waals surface area contributed by atoms with Gasteiger partial charge in [0.1, 0.15) is 0 Å². The fourth-order valence-corrected chi connectivity index (χ4v) is 3.50. The topological polar surface area (TPSA) is 46.5 Å². The summed E-state index contributed by atoms with van der Waals surface area (Å²) < 4.78 is 4.98. The molecule has 3 atom stereocenters. The van der Waals surface area contributed by atoms with Crippen molar-refractivity contribution in [3.8, 4) is 0 Å². The predicted octanol–water partition coefficient (Wildman–Crippen LogP) is 4.60. The molecule has 134 valence electrons. The van der Waals surface area contributed by atoms with Crippen molar-refractivity contribution in [2.45, 2.75) is 52.6 Å². The Hall–Kier alpha value is -1.61. The zero-order chi connectivity index (χ0) is 18.5. The van der Waals surface area contributed by atoms with E-state index in [1.165, 1.54) is 7.11 Å². The molecule has 1 aliphatic carbocycles. The highest BCUT2D eigenvalue weighted by molar-refractivity contribution is 5.89. The van der Waals surface area contributed by atoms with E-state index in [0.717, 1.165) is 24.8 Å². The van der Waals surface area contributed by atoms with Gasteiger partial charge < -0.3 is 9.84 Å². The van der Waals surface area contributed by atoms with E-state index in [9.17, 15) is 9.90 Å². The maximum Gasteiger partial charge on any atom is 0.334 e. The van der Waals surface area contributed by atoms with E-state index in [0.29, 0.717) is 11.5 Å². The molecule has 0 aliphatic heterocycles. The first-order valence-electron chi connectivity index (χ1n) is 8.53. The van der Waals surface area contributed by atoms with E-state index in [1.807, 2.05) is 13.0 Å². The number of methoxy groups -OCH3 is 1. The molecule has 0 amide bonds. The molecule has 0 saturated heterocycles. The Kier molecular flexibility index (Phi) is 6.79. The highest BCUT2D eigenvalue weighted by Gasteiger charge is 2.40. The van der Waals surface area contributed by atoms with Crippen LogP contribution in [0.4, 0.5) is 0 Å². The third-order valence-electron chi connectivity index (χ3n) is 5.05. The van der Waals surface area contributed by atoms with Gasteiger partial charge in [-0.15, -0.1) is 6.58 Å². The predicted molar refractivity (Wildman–Crippen MR) is 99.5 cm³/mol. The summed E-state index contributed by atoms with van der Waals surface area (Å²) in [6, 6.07) is 0. The normalized spacial score (nSPS) is 28.7. The fraction of sp³-hybridized carbons (Fsp3) is 0.571. The number of hydrogen-bond acceptors (Lipinski definition) is 3. The minimum absolute atomic E-state index is 0.0203. The third kappa shape index (κ3) is 5.20. The molecule has 1 saturated carbocycles. The molecular weight excluding hydrogens is 300 g/mol. The summed E-state index contributed by atoms with van der Waals surface area (Å²) >= 11 is 0. The Morgan fingerprint density at radius 2 is 2.04 bits per heavy atom. The first kappa shape index (κ1) is 20.4. The van der Waals surface area contributed by atoms with Crippen LogP contribution in [0.3, 0.4) is 0 Å². The monoisotopic (exact) mass is 332 g/mol. The van der Waals surface area contributed by atoms with Crippen LogP contribution in [-0.2, 0) is 9.53 Å². The van der Waals surface area contributed by atoms with Gasteiger partial charge in [0.15, 0.2) is 0 Å². The van der Waals surface area contributed by atoms with Crippen LogP contribution >= 0.6 is 0 Å². The average Bonchev–Trinajstić information content (AvgIpc) is 2.50. The van der Waals surface area contributed by atoms with E-state index >= 15 is 0 Å². The van der Waals surface area contributed by atoms with Crippen molar-refractivity contribution < 1.29 is 14.6 Å². The SMILES string of the molecule is C=CC1(C)CCC(C(=CC=CC(C)(C)O)C(=O)OC)CC1C(=C)C. The van der Waals surface area contributed by atoms with E-state index in [2.05, 4.69) is 20.1 Å². The molecule has 3 unspecified atom stereocenters. The Labute approximate surface area is 146 Å². The summed E-state index contributed by atoms with van der Waals surface area (Å²) in [5.74, 6) is 0.113. The van der Waals surface area contributed by atoms with Crippen molar-refractivity contribution in [2.75, 3.05) is 7.11 Å². The van der Waals surface area contributed by atoms with Gasteiger partial charge in [0, 0.05) is 5.57 Å². The van der Waals surface area contributed by atoms with Gasteiger partial charge in [-0.05, 0) is 57.3 Å². The summed E-state index contributed by atoms with van der Waals surface area (Å²) in [4.78, 5) is 12.2. The summed E-state index contributed by atoms with van der Waals surface area (Å²) in [5.41, 5.74) is 0.895. The van der Waals surface area contributed by atoms with Gasteiger partial charge in [0.25, 0.3) is 0 Å². The number of aliphatic hydroxyl groups is 1. The molecule has 1 rings (SSSR count). The zero-order valence-corrected chi connectivity index (χ0v) is 15.8. The van der Waals surface area contributed by atoms with Gasteiger partial charge in [-0.1, -0.05) is 43.4 Å². The molecular formula is C21H32O3. The Morgan fingerprint density at radius 3 is 2.50 bits per heavy atom. The van der Waals surface area contributed by atoms with Crippen molar-refractivity contribution >= 4 is 5.97 Å². The van der Waals surface area contributed by atoms with E-state index in [-0.39, 0.29) is 17.3 Å². The summed E-state index contributed by atoms with van der Waals surface area (Å²) in [6.45, 7) is 15.8. The lowest BCUT2D eigenvalue weighted by molar-refractivity contribution is -0.137. The molecule has 1 N–H and O–H groups in total. The first-order chi connectivity index (χ1) is 11.0. The molecule has 0 aromatic carbocycles. The van der Waals surface area contributed by atoms with E-state index in [4.69, 9.17) is 4.74 Å². The number of ether oxygens (including phenoxy) is 1. The molecule has 0 radical (unpaired) electrons. The van der Waals surface area contributed by atoms with Crippen LogP contribution < -0.4 is 0 Å². The van der Waals surface area contributed by atoms with Crippen LogP contribution in [0, 0.1) is 17.3 Å². The van der Waals surface area contributed by atoms with Crippen LogP contribution in [-0.4, -0.2) is 23.8 Å². The lowest BCUT2D eigenvalue weighted by atomic mass is 9.61. The molecule has 0 spiro atoms. The molecule has 0 aromatic heterocycles. The Balaban J connectivity index is 3.10. The first-order valence-corrected chi connectivity index (χ1v) is 8.53. The lowest BCUT2D eigenvalue weighted by Crippen LogP contribution is -2.35. The smallest absolute Gasteiger partial charge is 0.334 e. The van der Waals surface area contributed by atoms with Gasteiger partial charge in [-0.3, -0.25) is 0 Å². The molecule has 1 fully saturated rings. The van der Waals surface area contributed by atoms with Crippen LogP contribution in [0.5, 0.6) is 0 Å². The van der Waals surface area contributed by atoms with E-state index < -0.39 is 5.60 Å². The minimum Gasteiger partial charge on any atom is -0.466 e. The Morgan fingerprint density at radius 1 is 1.42 bits per heavy atom. The van der Waals surface area contributed by atoms with Crippen LogP contribution in [0.1, 0.15) is 47.0 Å². The number of hydrogen-bond donors (Lipinski definition) is 1. The lowest BCUT2D eigenvalue weighted by Gasteiger charge is -2.43. The van der Waals surface area contributed by atoms with Crippen molar-refractivity contribution in [2.24, 2.45) is 17.3 Å². The van der Waals surface area contributed by atoms with Gasteiger partial charge in [0.05, 0.1) is 12.7 Å². The largest absolute Gasteiger partial charge is 0.466 e. The van der Waals surface area contributed by atoms with Crippen LogP contribution in [0.15, 0.2) is 48.6 Å². The summed E-state index contributed by atoms with van der Waals surface area (Å²) in [6.07, 6.45) is 9.94.